The van der Waals surface area contributed by atoms with Crippen LogP contribution in [0.5, 0.6) is 0 Å². The summed E-state index contributed by atoms with van der Waals surface area (Å²) in [7, 11) is 1.33. The number of nitrogens with zero attached hydrogens (tertiary/aromatic N) is 1. The van der Waals surface area contributed by atoms with Crippen LogP contribution in [-0.4, -0.2) is 48.6 Å². The summed E-state index contributed by atoms with van der Waals surface area (Å²) in [5, 5.41) is 2.81. The highest BCUT2D eigenvalue weighted by atomic mass is 16.5. The highest BCUT2D eigenvalue weighted by Gasteiger charge is 2.41. The second-order valence-electron chi connectivity index (χ2n) is 7.79. The Balaban J connectivity index is 1.67. The molecular formula is C22H30N2O5. The third kappa shape index (κ3) is 5.49. The number of nitrogens with one attached hydrogen (secondary N) is 1. The highest BCUT2D eigenvalue weighted by molar-refractivity contribution is 5.90. The van der Waals surface area contributed by atoms with Gasteiger partial charge in [0.15, 0.2) is 0 Å². The zero-order valence-corrected chi connectivity index (χ0v) is 17.0. The van der Waals surface area contributed by atoms with Crippen molar-refractivity contribution >= 4 is 18.0 Å². The Morgan fingerprint density at radius 1 is 1.07 bits per heavy atom. The molecule has 3 rings (SSSR count). The van der Waals surface area contributed by atoms with Gasteiger partial charge in [0.25, 0.3) is 0 Å². The SMILES string of the molecule is COC(=O)[C@@H]1CCCN1C(=O)[C@@H](NC(=O)OCc1ccccc1)C1CCCCC1. The lowest BCUT2D eigenvalue weighted by Gasteiger charge is -2.34. The van der Waals surface area contributed by atoms with Crippen molar-refractivity contribution in [3.63, 3.8) is 0 Å². The monoisotopic (exact) mass is 402 g/mol. The van der Waals surface area contributed by atoms with Gasteiger partial charge in [0.2, 0.25) is 5.91 Å². The molecule has 1 aromatic rings. The number of benzene rings is 1. The van der Waals surface area contributed by atoms with Gasteiger partial charge in [-0.2, -0.15) is 0 Å². The molecule has 0 unspecified atom stereocenters. The van der Waals surface area contributed by atoms with Crippen molar-refractivity contribution in [2.75, 3.05) is 13.7 Å². The van der Waals surface area contributed by atoms with E-state index >= 15 is 0 Å². The Hall–Kier alpha value is -2.57. The van der Waals surface area contributed by atoms with Crippen LogP contribution in [0.25, 0.3) is 0 Å². The molecule has 1 aromatic carbocycles. The maximum Gasteiger partial charge on any atom is 0.408 e. The summed E-state index contributed by atoms with van der Waals surface area (Å²) in [5.74, 6) is -0.550. The number of alkyl carbamates (subject to hydrolysis) is 1. The van der Waals surface area contributed by atoms with E-state index < -0.39 is 24.1 Å². The van der Waals surface area contributed by atoms with E-state index in [4.69, 9.17) is 9.47 Å². The van der Waals surface area contributed by atoms with Crippen molar-refractivity contribution in [3.05, 3.63) is 35.9 Å². The van der Waals surface area contributed by atoms with Crippen molar-refractivity contribution < 1.29 is 23.9 Å². The Kier molecular flexibility index (Phi) is 7.49. The lowest BCUT2D eigenvalue weighted by molar-refractivity contribution is -0.152. The quantitative estimate of drug-likeness (QED) is 0.740. The number of rotatable bonds is 6. The number of amides is 2. The highest BCUT2D eigenvalue weighted by Crippen LogP contribution is 2.29. The molecule has 1 aliphatic heterocycles. The van der Waals surface area contributed by atoms with Crippen LogP contribution in [0.4, 0.5) is 4.79 Å². The molecule has 1 aliphatic carbocycles. The number of carbonyl (C=O) groups excluding carboxylic acids is 3. The fourth-order valence-electron chi connectivity index (χ4n) is 4.33. The number of likely N-dealkylation sites (tertiary alicyclic amines) is 1. The number of hydrogen-bond acceptors (Lipinski definition) is 5. The molecule has 0 aromatic heterocycles. The largest absolute Gasteiger partial charge is 0.467 e. The second-order valence-corrected chi connectivity index (χ2v) is 7.79. The van der Waals surface area contributed by atoms with Gasteiger partial charge in [0.05, 0.1) is 7.11 Å². The van der Waals surface area contributed by atoms with E-state index in [1.807, 2.05) is 30.3 Å². The van der Waals surface area contributed by atoms with Crippen LogP contribution >= 0.6 is 0 Å². The maximum atomic E-state index is 13.3. The Morgan fingerprint density at radius 2 is 1.79 bits per heavy atom. The summed E-state index contributed by atoms with van der Waals surface area (Å²) in [6.45, 7) is 0.648. The summed E-state index contributed by atoms with van der Waals surface area (Å²) in [5.41, 5.74) is 0.883. The molecule has 1 saturated carbocycles. The van der Waals surface area contributed by atoms with Gasteiger partial charge in [0, 0.05) is 6.54 Å². The molecule has 2 fully saturated rings. The van der Waals surface area contributed by atoms with Gasteiger partial charge in [-0.15, -0.1) is 0 Å². The van der Waals surface area contributed by atoms with Crippen molar-refractivity contribution in [1.82, 2.24) is 10.2 Å². The number of ether oxygens (including phenoxy) is 2. The number of methoxy groups -OCH3 is 1. The predicted molar refractivity (Wildman–Crippen MR) is 107 cm³/mol. The minimum absolute atomic E-state index is 0.0550. The lowest BCUT2D eigenvalue weighted by atomic mass is 9.83. The second kappa shape index (κ2) is 10.3. The van der Waals surface area contributed by atoms with E-state index in [-0.39, 0.29) is 18.4 Å². The molecule has 1 heterocycles. The third-order valence-corrected chi connectivity index (χ3v) is 5.88. The Labute approximate surface area is 171 Å². The molecule has 1 N–H and O–H groups in total. The minimum atomic E-state index is -0.677. The van der Waals surface area contributed by atoms with Gasteiger partial charge in [-0.1, -0.05) is 49.6 Å². The number of esters is 1. The average molecular weight is 402 g/mol. The topological polar surface area (TPSA) is 84.9 Å². The standard InChI is InChI=1S/C22H30N2O5/c1-28-21(26)18-13-8-14-24(18)20(25)19(17-11-6-3-7-12-17)23-22(27)29-15-16-9-4-2-5-10-16/h2,4-5,9-10,17-19H,3,6-8,11-15H2,1H3,(H,23,27)/t18-,19-/m0/s1. The first kappa shape index (κ1) is 21.1. The molecule has 7 heteroatoms. The smallest absolute Gasteiger partial charge is 0.408 e. The summed E-state index contributed by atoms with van der Waals surface area (Å²) in [6.07, 6.45) is 5.72. The molecule has 2 amide bonds. The molecule has 158 valence electrons. The normalized spacial score (nSPS) is 20.7. The first-order valence-corrected chi connectivity index (χ1v) is 10.5. The molecule has 0 spiro atoms. The molecule has 7 nitrogen and oxygen atoms in total. The van der Waals surface area contributed by atoms with Crippen LogP contribution in [0, 0.1) is 5.92 Å². The molecule has 0 bridgehead atoms. The fourth-order valence-corrected chi connectivity index (χ4v) is 4.33. The first-order chi connectivity index (χ1) is 14.1. The fraction of sp³-hybridized carbons (Fsp3) is 0.591. The van der Waals surface area contributed by atoms with E-state index in [1.165, 1.54) is 7.11 Å². The lowest BCUT2D eigenvalue weighted by Crippen LogP contribution is -2.55. The molecule has 2 atom stereocenters. The van der Waals surface area contributed by atoms with Crippen molar-refractivity contribution in [2.45, 2.75) is 63.6 Å². The van der Waals surface area contributed by atoms with E-state index in [1.54, 1.807) is 4.90 Å². The van der Waals surface area contributed by atoms with Crippen LogP contribution in [0.2, 0.25) is 0 Å². The zero-order valence-electron chi connectivity index (χ0n) is 17.0. The van der Waals surface area contributed by atoms with Gasteiger partial charge < -0.3 is 19.7 Å². The van der Waals surface area contributed by atoms with Crippen molar-refractivity contribution in [3.8, 4) is 0 Å². The van der Waals surface area contributed by atoms with Crippen LogP contribution in [0.15, 0.2) is 30.3 Å². The average Bonchev–Trinajstić information content (AvgIpc) is 3.26. The van der Waals surface area contributed by atoms with Gasteiger partial charge >= 0.3 is 12.1 Å². The molecule has 2 aliphatic rings. The summed E-state index contributed by atoms with van der Waals surface area (Å²) >= 11 is 0. The third-order valence-electron chi connectivity index (χ3n) is 5.88. The number of hydrogen-bond donors (Lipinski definition) is 1. The number of carbonyl (C=O) groups is 3. The van der Waals surface area contributed by atoms with E-state index in [2.05, 4.69) is 5.32 Å². The Morgan fingerprint density at radius 3 is 2.48 bits per heavy atom. The molecular weight excluding hydrogens is 372 g/mol. The maximum absolute atomic E-state index is 13.3. The van der Waals surface area contributed by atoms with E-state index in [0.717, 1.165) is 44.1 Å². The van der Waals surface area contributed by atoms with E-state index in [9.17, 15) is 14.4 Å². The summed E-state index contributed by atoms with van der Waals surface area (Å²) < 4.78 is 10.2. The van der Waals surface area contributed by atoms with Gasteiger partial charge in [-0.3, -0.25) is 4.79 Å². The van der Waals surface area contributed by atoms with Gasteiger partial charge in [-0.05, 0) is 37.2 Å². The predicted octanol–water partition coefficient (Wildman–Crippen LogP) is 3.03. The first-order valence-electron chi connectivity index (χ1n) is 10.5. The Bertz CT molecular complexity index is 702. The molecule has 29 heavy (non-hydrogen) atoms. The van der Waals surface area contributed by atoms with Gasteiger partial charge in [-0.25, -0.2) is 9.59 Å². The minimum Gasteiger partial charge on any atom is -0.467 e. The molecule has 1 saturated heterocycles. The van der Waals surface area contributed by atoms with Crippen LogP contribution in [-0.2, 0) is 25.7 Å². The van der Waals surface area contributed by atoms with Gasteiger partial charge in [0.1, 0.15) is 18.7 Å². The van der Waals surface area contributed by atoms with Crippen LogP contribution in [0.1, 0.15) is 50.5 Å². The molecule has 0 radical (unpaired) electrons. The van der Waals surface area contributed by atoms with Crippen molar-refractivity contribution in [1.29, 1.82) is 0 Å². The summed E-state index contributed by atoms with van der Waals surface area (Å²) in [6, 6.07) is 8.17. The van der Waals surface area contributed by atoms with Crippen LogP contribution < -0.4 is 5.32 Å². The van der Waals surface area contributed by atoms with Crippen LogP contribution in [0.3, 0.4) is 0 Å². The van der Waals surface area contributed by atoms with E-state index in [0.29, 0.717) is 13.0 Å². The zero-order chi connectivity index (χ0) is 20.6. The summed E-state index contributed by atoms with van der Waals surface area (Å²) in [4.78, 5) is 39.5. The van der Waals surface area contributed by atoms with Crippen molar-refractivity contribution in [2.24, 2.45) is 5.92 Å².